The number of rotatable bonds is 7. The molecule has 16 heteroatoms. The van der Waals surface area contributed by atoms with Gasteiger partial charge in [0.25, 0.3) is 5.91 Å². The molecule has 232 valence electrons. The number of imidazole rings is 1. The fourth-order valence-corrected chi connectivity index (χ4v) is 7.40. The van der Waals surface area contributed by atoms with Crippen LogP contribution in [0, 0.1) is 6.92 Å². The fraction of sp³-hybridized carbons (Fsp3) is 0.393. The summed E-state index contributed by atoms with van der Waals surface area (Å²) in [5, 5.41) is 21.0. The molecule has 0 spiro atoms. The number of thiophene rings is 1. The Kier molecular flexibility index (Phi) is 7.89. The summed E-state index contributed by atoms with van der Waals surface area (Å²) >= 11 is 1.30. The Morgan fingerprint density at radius 1 is 1.14 bits per heavy atom. The Bertz CT molecular complexity index is 1880. The number of nitrogens with zero attached hydrogens (tertiary/aromatic N) is 7. The van der Waals surface area contributed by atoms with Gasteiger partial charge in [0.05, 0.1) is 46.5 Å². The third kappa shape index (κ3) is 6.05. The van der Waals surface area contributed by atoms with Crippen molar-refractivity contribution in [3.8, 4) is 11.3 Å². The van der Waals surface area contributed by atoms with Gasteiger partial charge in [0, 0.05) is 50.7 Å². The molecule has 4 aromatic rings. The molecule has 14 nitrogen and oxygen atoms in total. The second kappa shape index (κ2) is 11.7. The van der Waals surface area contributed by atoms with Crippen LogP contribution in [0.2, 0.25) is 0 Å². The van der Waals surface area contributed by atoms with Crippen molar-refractivity contribution in [1.29, 1.82) is 0 Å². The van der Waals surface area contributed by atoms with Crippen LogP contribution in [0.25, 0.3) is 22.5 Å². The molecule has 6 heterocycles. The zero-order valence-corrected chi connectivity index (χ0v) is 26.2. The Hall–Kier alpha value is -4.28. The van der Waals surface area contributed by atoms with E-state index >= 15 is 0 Å². The molecule has 2 aliphatic rings. The zero-order chi connectivity index (χ0) is 31.2. The van der Waals surface area contributed by atoms with Gasteiger partial charge in [-0.2, -0.15) is 5.10 Å². The zero-order valence-electron chi connectivity index (χ0n) is 24.5. The van der Waals surface area contributed by atoms with Crippen LogP contribution in [0.5, 0.6) is 0 Å². The van der Waals surface area contributed by atoms with Gasteiger partial charge in [0.1, 0.15) is 0 Å². The number of carboxylic acid groups (broad SMARTS) is 1. The molecular formula is C28H33N9O5S2. The van der Waals surface area contributed by atoms with Crippen LogP contribution in [-0.4, -0.2) is 97.4 Å². The van der Waals surface area contributed by atoms with Crippen LogP contribution < -0.4 is 10.6 Å². The Balaban J connectivity index is 1.29. The summed E-state index contributed by atoms with van der Waals surface area (Å²) in [5.41, 5.74) is 4.42. The lowest BCUT2D eigenvalue weighted by molar-refractivity contribution is 0.0927. The molecule has 2 aliphatic heterocycles. The molecule has 0 aromatic carbocycles. The van der Waals surface area contributed by atoms with Gasteiger partial charge in [0.15, 0.2) is 11.5 Å². The number of aromatic nitrogens is 5. The van der Waals surface area contributed by atoms with Gasteiger partial charge in [-0.05, 0) is 43.4 Å². The molecule has 0 atom stereocenters. The van der Waals surface area contributed by atoms with E-state index in [1.54, 1.807) is 17.1 Å². The van der Waals surface area contributed by atoms with E-state index in [1.807, 2.05) is 42.9 Å². The first-order valence-corrected chi connectivity index (χ1v) is 16.8. The molecule has 6 rings (SSSR count). The summed E-state index contributed by atoms with van der Waals surface area (Å²) < 4.78 is 28.7. The average molecular weight is 640 g/mol. The van der Waals surface area contributed by atoms with Gasteiger partial charge in [-0.25, -0.2) is 27.5 Å². The highest BCUT2D eigenvalue weighted by atomic mass is 32.2. The summed E-state index contributed by atoms with van der Waals surface area (Å²) in [5.74, 6) is 0.262. The number of nitrogens with one attached hydrogen (secondary N) is 2. The second-order valence-corrected chi connectivity index (χ2v) is 14.1. The van der Waals surface area contributed by atoms with Gasteiger partial charge in [0.2, 0.25) is 10.0 Å². The lowest BCUT2D eigenvalue weighted by atomic mass is 10.1. The number of hydrogen-bond donors (Lipinski definition) is 3. The predicted molar refractivity (Wildman–Crippen MR) is 167 cm³/mol. The lowest BCUT2D eigenvalue weighted by Gasteiger charge is -2.30. The van der Waals surface area contributed by atoms with E-state index in [1.165, 1.54) is 26.8 Å². The molecule has 0 unspecified atom stereocenters. The molecule has 3 N–H and O–H groups in total. The maximum atomic E-state index is 13.2. The lowest BCUT2D eigenvalue weighted by Crippen LogP contribution is -2.46. The molecule has 44 heavy (non-hydrogen) atoms. The van der Waals surface area contributed by atoms with Crippen LogP contribution in [0.1, 0.15) is 40.2 Å². The molecular weight excluding hydrogens is 607 g/mol. The van der Waals surface area contributed by atoms with E-state index in [0.717, 1.165) is 22.4 Å². The minimum atomic E-state index is -3.24. The van der Waals surface area contributed by atoms with Crippen LogP contribution in [-0.2, 0) is 17.1 Å². The maximum absolute atomic E-state index is 13.2. The van der Waals surface area contributed by atoms with Gasteiger partial charge in [-0.1, -0.05) is 6.08 Å². The third-order valence-corrected chi connectivity index (χ3v) is 10.3. The first-order chi connectivity index (χ1) is 21.0. The second-order valence-electron chi connectivity index (χ2n) is 11.1. The third-order valence-electron chi connectivity index (χ3n) is 7.87. The highest BCUT2D eigenvalue weighted by molar-refractivity contribution is 7.88. The van der Waals surface area contributed by atoms with Crippen molar-refractivity contribution in [3.63, 3.8) is 0 Å². The standard InChI is InChI=1S/C28H33N9O5S2/c1-17-11-23(43-24(17)27(38)31-20-6-9-36(10-7-20)44(3,41)42)33-25-26-29-13-22(19-12-30-34(2)14-19)37(26)16-21(32-25)18-5-4-8-35(15-18)28(39)40/h5,11-14,16,20H,4,6-10,15H2,1-3H3,(H,31,38)(H,32,33)(H,39,40). The highest BCUT2D eigenvalue weighted by Gasteiger charge is 2.27. The van der Waals surface area contributed by atoms with Crippen molar-refractivity contribution >= 4 is 55.4 Å². The molecule has 4 aromatic heterocycles. The average Bonchev–Trinajstić information content (AvgIpc) is 3.71. The molecule has 0 saturated carbocycles. The van der Waals surface area contributed by atoms with Gasteiger partial charge < -0.3 is 20.6 Å². The van der Waals surface area contributed by atoms with Gasteiger partial charge in [-0.3, -0.25) is 13.9 Å². The Morgan fingerprint density at radius 3 is 2.59 bits per heavy atom. The fourth-order valence-electron chi connectivity index (χ4n) is 5.56. The number of carbonyl (C=O) groups is 2. The van der Waals surface area contributed by atoms with E-state index in [9.17, 15) is 23.1 Å². The summed E-state index contributed by atoms with van der Waals surface area (Å²) in [4.78, 5) is 36.4. The van der Waals surface area contributed by atoms with Crippen molar-refractivity contribution in [1.82, 2.24) is 38.7 Å². The topological polar surface area (TPSA) is 167 Å². The minimum absolute atomic E-state index is 0.110. The number of amides is 2. The van der Waals surface area contributed by atoms with E-state index < -0.39 is 16.1 Å². The number of fused-ring (bicyclic) bond motifs is 1. The smallest absolute Gasteiger partial charge is 0.407 e. The number of aryl methyl sites for hydroxylation is 2. The molecule has 0 bridgehead atoms. The van der Waals surface area contributed by atoms with Crippen molar-refractivity contribution in [2.75, 3.05) is 37.8 Å². The van der Waals surface area contributed by atoms with Crippen molar-refractivity contribution in [2.45, 2.75) is 32.2 Å². The SMILES string of the molecule is Cc1cc(Nc2nc(C3=CCCN(C(=O)O)C3)cn3c(-c4cnn(C)c4)cnc23)sc1C(=O)NC1CCN(S(C)(=O)=O)CC1. The number of hydrogen-bond acceptors (Lipinski definition) is 9. The number of anilines is 2. The molecule has 1 saturated heterocycles. The van der Waals surface area contributed by atoms with Crippen molar-refractivity contribution in [3.05, 3.63) is 53.1 Å². The van der Waals surface area contributed by atoms with E-state index in [4.69, 9.17) is 4.98 Å². The summed E-state index contributed by atoms with van der Waals surface area (Å²) in [6.45, 7) is 3.27. The number of sulfonamides is 1. The molecule has 0 radical (unpaired) electrons. The van der Waals surface area contributed by atoms with Crippen molar-refractivity contribution in [2.24, 2.45) is 7.05 Å². The number of piperidine rings is 1. The summed E-state index contributed by atoms with van der Waals surface area (Å²) in [6.07, 6.45) is 11.2. The molecule has 2 amide bonds. The molecule has 1 fully saturated rings. The summed E-state index contributed by atoms with van der Waals surface area (Å²) in [7, 11) is -1.40. The Labute approximate surface area is 258 Å². The maximum Gasteiger partial charge on any atom is 0.407 e. The van der Waals surface area contributed by atoms with Crippen LogP contribution >= 0.6 is 11.3 Å². The van der Waals surface area contributed by atoms with Gasteiger partial charge >= 0.3 is 6.09 Å². The van der Waals surface area contributed by atoms with Crippen LogP contribution in [0.4, 0.5) is 15.6 Å². The van der Waals surface area contributed by atoms with Crippen molar-refractivity contribution < 1.29 is 23.1 Å². The predicted octanol–water partition coefficient (Wildman–Crippen LogP) is 3.16. The minimum Gasteiger partial charge on any atom is -0.465 e. The first-order valence-electron chi connectivity index (χ1n) is 14.1. The van der Waals surface area contributed by atoms with E-state index in [0.29, 0.717) is 65.9 Å². The summed E-state index contributed by atoms with van der Waals surface area (Å²) in [6, 6.07) is 1.77. The monoisotopic (exact) mass is 639 g/mol. The van der Waals surface area contributed by atoms with E-state index in [2.05, 4.69) is 20.7 Å². The quantitative estimate of drug-likeness (QED) is 0.275. The number of carbonyl (C=O) groups excluding carboxylic acids is 1. The van der Waals surface area contributed by atoms with E-state index in [-0.39, 0.29) is 18.5 Å². The molecule has 0 aliphatic carbocycles. The normalized spacial score (nSPS) is 16.7. The van der Waals surface area contributed by atoms with Crippen LogP contribution in [0.3, 0.4) is 0 Å². The highest BCUT2D eigenvalue weighted by Crippen LogP contribution is 2.33. The Morgan fingerprint density at radius 2 is 1.91 bits per heavy atom. The first kappa shape index (κ1) is 29.8. The largest absolute Gasteiger partial charge is 0.465 e. The van der Waals surface area contributed by atoms with Gasteiger partial charge in [-0.15, -0.1) is 11.3 Å². The van der Waals surface area contributed by atoms with Crippen LogP contribution in [0.15, 0.2) is 36.9 Å².